The van der Waals surface area contributed by atoms with Gasteiger partial charge in [-0.1, -0.05) is 12.1 Å². The number of benzene rings is 2. The summed E-state index contributed by atoms with van der Waals surface area (Å²) < 4.78 is 31.6. The number of rotatable bonds is 3. The molecule has 0 spiro atoms. The van der Waals surface area contributed by atoms with Crippen LogP contribution in [0.15, 0.2) is 47.4 Å². The van der Waals surface area contributed by atoms with Crippen LogP contribution < -0.4 is 4.74 Å². The summed E-state index contributed by atoms with van der Waals surface area (Å²) in [5.74, 6) is -0.424. The quantitative estimate of drug-likeness (QED) is 0.817. The van der Waals surface area contributed by atoms with Gasteiger partial charge in [0.1, 0.15) is 24.0 Å². The maximum Gasteiger partial charge on any atom is 0.133 e. The van der Waals surface area contributed by atoms with Gasteiger partial charge in [-0.3, -0.25) is 0 Å². The Bertz CT molecular complexity index is 529. The summed E-state index contributed by atoms with van der Waals surface area (Å²) in [6, 6.07) is 10.4. The Morgan fingerprint density at radius 3 is 2.59 bits per heavy atom. The highest BCUT2D eigenvalue weighted by Gasteiger charge is 2.05. The van der Waals surface area contributed by atoms with Gasteiger partial charge in [0.2, 0.25) is 0 Å². The van der Waals surface area contributed by atoms with Crippen molar-refractivity contribution in [2.45, 2.75) is 11.5 Å². The van der Waals surface area contributed by atoms with Crippen molar-refractivity contribution < 1.29 is 13.5 Å². The van der Waals surface area contributed by atoms with Crippen LogP contribution in [0, 0.1) is 11.6 Å². The van der Waals surface area contributed by atoms with Gasteiger partial charge in [0.25, 0.3) is 0 Å². The van der Waals surface area contributed by atoms with Crippen LogP contribution in [0.1, 0.15) is 5.56 Å². The van der Waals surface area contributed by atoms with E-state index in [0.29, 0.717) is 10.6 Å². The van der Waals surface area contributed by atoms with Crippen molar-refractivity contribution in [1.82, 2.24) is 0 Å². The Kier molecular flexibility index (Phi) is 3.64. The molecule has 0 bridgehead atoms. The molecule has 0 amide bonds. The third-order valence-corrected chi connectivity index (χ3v) is 2.63. The zero-order valence-electron chi connectivity index (χ0n) is 8.86. The topological polar surface area (TPSA) is 9.23 Å². The van der Waals surface area contributed by atoms with Gasteiger partial charge < -0.3 is 4.74 Å². The zero-order chi connectivity index (χ0) is 12.3. The summed E-state index contributed by atoms with van der Waals surface area (Å²) in [6.45, 7) is -0.0266. The van der Waals surface area contributed by atoms with Crippen molar-refractivity contribution in [3.63, 3.8) is 0 Å². The van der Waals surface area contributed by atoms with E-state index < -0.39 is 11.6 Å². The van der Waals surface area contributed by atoms with Crippen molar-refractivity contribution in [3.8, 4) is 5.75 Å². The first-order valence-corrected chi connectivity index (χ1v) is 5.46. The van der Waals surface area contributed by atoms with E-state index in [2.05, 4.69) is 12.6 Å². The largest absolute Gasteiger partial charge is 0.488 e. The Morgan fingerprint density at radius 2 is 1.82 bits per heavy atom. The van der Waals surface area contributed by atoms with E-state index in [0.717, 1.165) is 18.2 Å². The van der Waals surface area contributed by atoms with E-state index >= 15 is 0 Å². The Balaban J connectivity index is 2.12. The van der Waals surface area contributed by atoms with Crippen molar-refractivity contribution in [2.24, 2.45) is 0 Å². The molecule has 0 N–H and O–H groups in total. The molecule has 0 aliphatic rings. The molecule has 1 nitrogen and oxygen atoms in total. The van der Waals surface area contributed by atoms with Crippen LogP contribution in [-0.2, 0) is 6.61 Å². The van der Waals surface area contributed by atoms with Crippen LogP contribution in [0.25, 0.3) is 0 Å². The van der Waals surface area contributed by atoms with Gasteiger partial charge in [0.05, 0.1) is 0 Å². The molecule has 2 aromatic carbocycles. The first-order valence-electron chi connectivity index (χ1n) is 5.01. The summed E-state index contributed by atoms with van der Waals surface area (Å²) in [7, 11) is 0. The number of thiol groups is 1. The third-order valence-electron chi connectivity index (χ3n) is 2.26. The molecule has 4 heteroatoms. The first-order chi connectivity index (χ1) is 8.16. The van der Waals surface area contributed by atoms with Crippen LogP contribution >= 0.6 is 12.6 Å². The highest BCUT2D eigenvalue weighted by Crippen LogP contribution is 2.23. The molecule has 0 fully saturated rings. The van der Waals surface area contributed by atoms with Crippen molar-refractivity contribution in [3.05, 3.63) is 59.7 Å². The molecular weight excluding hydrogens is 242 g/mol. The lowest BCUT2D eigenvalue weighted by Crippen LogP contribution is -1.99. The van der Waals surface area contributed by atoms with Gasteiger partial charge in [-0.25, -0.2) is 8.78 Å². The maximum absolute atomic E-state index is 13.3. The molecule has 0 aliphatic heterocycles. The van der Waals surface area contributed by atoms with Gasteiger partial charge in [-0.05, 0) is 30.3 Å². The summed E-state index contributed by atoms with van der Waals surface area (Å²) >= 11 is 4.20. The molecule has 0 unspecified atom stereocenters. The molecular formula is C13H10F2OS. The van der Waals surface area contributed by atoms with Crippen LogP contribution in [-0.4, -0.2) is 0 Å². The molecule has 0 atom stereocenters. The van der Waals surface area contributed by atoms with Crippen LogP contribution in [0.5, 0.6) is 5.75 Å². The minimum atomic E-state index is -0.483. The first kappa shape index (κ1) is 11.9. The van der Waals surface area contributed by atoms with Crippen molar-refractivity contribution in [2.75, 3.05) is 0 Å². The molecule has 17 heavy (non-hydrogen) atoms. The van der Waals surface area contributed by atoms with Crippen LogP contribution in [0.4, 0.5) is 8.78 Å². The Labute approximate surface area is 103 Å². The third kappa shape index (κ3) is 2.97. The minimum absolute atomic E-state index is 0.0266. The molecule has 2 rings (SSSR count). The van der Waals surface area contributed by atoms with E-state index in [4.69, 9.17) is 4.74 Å². The molecule has 0 saturated heterocycles. The predicted octanol–water partition coefficient (Wildman–Crippen LogP) is 3.83. The summed E-state index contributed by atoms with van der Waals surface area (Å²) in [5.41, 5.74) is 0.182. The number of para-hydroxylation sites is 1. The van der Waals surface area contributed by atoms with E-state index in [1.54, 1.807) is 18.2 Å². The standard InChI is InChI=1S/C13H10F2OS/c14-10-5-6-11(15)9(7-10)8-16-12-3-1-2-4-13(12)17/h1-7,17H,8H2. The predicted molar refractivity (Wildman–Crippen MR) is 64.4 cm³/mol. The zero-order valence-corrected chi connectivity index (χ0v) is 9.75. The summed E-state index contributed by atoms with van der Waals surface area (Å²) in [6.07, 6.45) is 0. The van der Waals surface area contributed by atoms with Gasteiger partial charge in [-0.2, -0.15) is 0 Å². The monoisotopic (exact) mass is 252 g/mol. The van der Waals surface area contributed by atoms with Gasteiger partial charge in [0, 0.05) is 10.5 Å². The molecule has 0 saturated carbocycles. The van der Waals surface area contributed by atoms with Crippen LogP contribution in [0.2, 0.25) is 0 Å². The second-order valence-electron chi connectivity index (χ2n) is 3.49. The Hall–Kier alpha value is -1.55. The fourth-order valence-electron chi connectivity index (χ4n) is 1.39. The van der Waals surface area contributed by atoms with E-state index in [-0.39, 0.29) is 12.2 Å². The highest BCUT2D eigenvalue weighted by atomic mass is 32.1. The van der Waals surface area contributed by atoms with Gasteiger partial charge in [0.15, 0.2) is 0 Å². The number of ether oxygens (including phenoxy) is 1. The molecule has 2 aromatic rings. The maximum atomic E-state index is 13.3. The molecule has 0 heterocycles. The second kappa shape index (κ2) is 5.19. The number of hydrogen-bond donors (Lipinski definition) is 1. The SMILES string of the molecule is Fc1ccc(F)c(COc2ccccc2S)c1. The highest BCUT2D eigenvalue weighted by molar-refractivity contribution is 7.80. The molecule has 0 aliphatic carbocycles. The molecule has 0 aromatic heterocycles. The fraction of sp³-hybridized carbons (Fsp3) is 0.0769. The lowest BCUT2D eigenvalue weighted by Gasteiger charge is -2.09. The average Bonchev–Trinajstić information content (AvgIpc) is 2.32. The summed E-state index contributed by atoms with van der Waals surface area (Å²) in [5, 5.41) is 0. The number of halogens is 2. The smallest absolute Gasteiger partial charge is 0.133 e. The lowest BCUT2D eigenvalue weighted by molar-refractivity contribution is 0.292. The average molecular weight is 252 g/mol. The Morgan fingerprint density at radius 1 is 1.06 bits per heavy atom. The number of hydrogen-bond acceptors (Lipinski definition) is 2. The lowest BCUT2D eigenvalue weighted by atomic mass is 10.2. The van der Waals surface area contributed by atoms with Crippen molar-refractivity contribution in [1.29, 1.82) is 0 Å². The van der Waals surface area contributed by atoms with Crippen molar-refractivity contribution >= 4 is 12.6 Å². The normalized spacial score (nSPS) is 10.3. The van der Waals surface area contributed by atoms with E-state index in [9.17, 15) is 8.78 Å². The molecule has 88 valence electrons. The van der Waals surface area contributed by atoms with E-state index in [1.165, 1.54) is 0 Å². The van der Waals surface area contributed by atoms with E-state index in [1.807, 2.05) is 6.07 Å². The molecule has 0 radical (unpaired) electrons. The second-order valence-corrected chi connectivity index (χ2v) is 3.97. The minimum Gasteiger partial charge on any atom is -0.488 e. The fourth-order valence-corrected chi connectivity index (χ4v) is 1.61. The van der Waals surface area contributed by atoms with Crippen LogP contribution in [0.3, 0.4) is 0 Å². The van der Waals surface area contributed by atoms with Gasteiger partial charge in [-0.15, -0.1) is 12.6 Å². The van der Waals surface area contributed by atoms with Gasteiger partial charge >= 0.3 is 0 Å². The summed E-state index contributed by atoms with van der Waals surface area (Å²) in [4.78, 5) is 0.657.